The van der Waals surface area contributed by atoms with E-state index in [0.29, 0.717) is 19.0 Å². The molecule has 14 heavy (non-hydrogen) atoms. The van der Waals surface area contributed by atoms with Gasteiger partial charge in [0.25, 0.3) is 0 Å². The normalized spacial score (nSPS) is 15.5. The quantitative estimate of drug-likeness (QED) is 0.749. The fraction of sp³-hybridized carbons (Fsp3) is 0.333. The minimum absolute atomic E-state index is 0.0723. The van der Waals surface area contributed by atoms with Crippen LogP contribution in [0.25, 0.3) is 0 Å². The summed E-state index contributed by atoms with van der Waals surface area (Å²) in [6.07, 6.45) is 1.63. The minimum Gasteiger partial charge on any atom is -0.481 e. The summed E-state index contributed by atoms with van der Waals surface area (Å²) in [5.74, 6) is 0.549. The number of carbonyl (C=O) groups excluding carboxylic acids is 1. The van der Waals surface area contributed by atoms with E-state index >= 15 is 0 Å². The van der Waals surface area contributed by atoms with E-state index in [0.717, 1.165) is 5.69 Å². The Morgan fingerprint density at radius 1 is 1.57 bits per heavy atom. The van der Waals surface area contributed by atoms with Crippen molar-refractivity contribution in [3.05, 3.63) is 18.3 Å². The van der Waals surface area contributed by atoms with Crippen molar-refractivity contribution in [2.75, 3.05) is 25.1 Å². The van der Waals surface area contributed by atoms with E-state index in [2.05, 4.69) is 10.3 Å². The molecule has 1 N–H and O–H groups in total. The highest BCUT2D eigenvalue weighted by Crippen LogP contribution is 2.17. The molecule has 1 aromatic rings. The first-order valence-corrected chi connectivity index (χ1v) is 4.36. The molecule has 1 saturated heterocycles. The largest absolute Gasteiger partial charge is 0.481 e. The number of urea groups is 1. The molecule has 2 rings (SSSR count). The SMILES string of the molecule is COc1ccc(N2CCNC2=O)cn1. The maximum atomic E-state index is 11.3. The average Bonchev–Trinajstić information content (AvgIpc) is 2.65. The number of nitrogens with one attached hydrogen (secondary N) is 1. The van der Waals surface area contributed by atoms with Crippen molar-refractivity contribution in [1.82, 2.24) is 10.3 Å². The van der Waals surface area contributed by atoms with Gasteiger partial charge in [-0.2, -0.15) is 0 Å². The average molecular weight is 193 g/mol. The lowest BCUT2D eigenvalue weighted by atomic mass is 10.4. The Bertz CT molecular complexity index is 336. The van der Waals surface area contributed by atoms with Gasteiger partial charge in [0.2, 0.25) is 5.88 Å². The first-order chi connectivity index (χ1) is 6.81. The Morgan fingerprint density at radius 2 is 2.43 bits per heavy atom. The Balaban J connectivity index is 2.20. The van der Waals surface area contributed by atoms with Crippen LogP contribution >= 0.6 is 0 Å². The zero-order valence-electron chi connectivity index (χ0n) is 7.86. The van der Waals surface area contributed by atoms with E-state index in [1.54, 1.807) is 24.3 Å². The molecule has 0 aromatic carbocycles. The van der Waals surface area contributed by atoms with Gasteiger partial charge in [-0.1, -0.05) is 0 Å². The van der Waals surface area contributed by atoms with Crippen LogP contribution in [0.15, 0.2) is 18.3 Å². The molecule has 74 valence electrons. The first-order valence-electron chi connectivity index (χ1n) is 4.36. The van der Waals surface area contributed by atoms with Crippen molar-refractivity contribution in [3.63, 3.8) is 0 Å². The molecule has 1 aliphatic rings. The number of rotatable bonds is 2. The summed E-state index contributed by atoms with van der Waals surface area (Å²) >= 11 is 0. The van der Waals surface area contributed by atoms with Crippen LogP contribution in [0.2, 0.25) is 0 Å². The molecule has 1 aromatic heterocycles. The van der Waals surface area contributed by atoms with E-state index in [9.17, 15) is 4.79 Å². The number of methoxy groups -OCH3 is 1. The van der Waals surface area contributed by atoms with Crippen LogP contribution in [0.1, 0.15) is 0 Å². The number of nitrogens with zero attached hydrogens (tertiary/aromatic N) is 2. The highest BCUT2D eigenvalue weighted by Gasteiger charge is 2.20. The molecule has 0 spiro atoms. The maximum Gasteiger partial charge on any atom is 0.322 e. The van der Waals surface area contributed by atoms with Gasteiger partial charge in [0.05, 0.1) is 19.0 Å². The summed E-state index contributed by atoms with van der Waals surface area (Å²) in [5.41, 5.74) is 0.792. The van der Waals surface area contributed by atoms with Crippen LogP contribution in [0, 0.1) is 0 Å². The number of amides is 2. The molecule has 0 atom stereocenters. The molecule has 5 nitrogen and oxygen atoms in total. The van der Waals surface area contributed by atoms with E-state index in [-0.39, 0.29) is 6.03 Å². The number of pyridine rings is 1. The number of ether oxygens (including phenoxy) is 1. The molecule has 0 unspecified atom stereocenters. The van der Waals surface area contributed by atoms with Gasteiger partial charge in [-0.05, 0) is 6.07 Å². The van der Waals surface area contributed by atoms with Crippen LogP contribution in [0.3, 0.4) is 0 Å². The third-order valence-corrected chi connectivity index (χ3v) is 2.10. The number of aromatic nitrogens is 1. The van der Waals surface area contributed by atoms with Crippen molar-refractivity contribution in [2.24, 2.45) is 0 Å². The zero-order chi connectivity index (χ0) is 9.97. The van der Waals surface area contributed by atoms with Crippen molar-refractivity contribution in [1.29, 1.82) is 0 Å². The molecule has 2 heterocycles. The van der Waals surface area contributed by atoms with Gasteiger partial charge in [0.1, 0.15) is 0 Å². The fourth-order valence-corrected chi connectivity index (χ4v) is 1.37. The van der Waals surface area contributed by atoms with Gasteiger partial charge in [-0.15, -0.1) is 0 Å². The number of carbonyl (C=O) groups is 1. The molecular weight excluding hydrogens is 182 g/mol. The van der Waals surface area contributed by atoms with Crippen molar-refractivity contribution in [3.8, 4) is 5.88 Å². The summed E-state index contributed by atoms with van der Waals surface area (Å²) < 4.78 is 4.93. The predicted molar refractivity (Wildman–Crippen MR) is 51.5 cm³/mol. The topological polar surface area (TPSA) is 54.5 Å². The molecule has 2 amide bonds. The lowest BCUT2D eigenvalue weighted by Crippen LogP contribution is -2.27. The summed E-state index contributed by atoms with van der Waals surface area (Å²) in [7, 11) is 1.56. The van der Waals surface area contributed by atoms with Gasteiger partial charge in [-0.25, -0.2) is 9.78 Å². The molecule has 0 bridgehead atoms. The van der Waals surface area contributed by atoms with Crippen LogP contribution in [-0.2, 0) is 0 Å². The van der Waals surface area contributed by atoms with Gasteiger partial charge in [0.15, 0.2) is 0 Å². The predicted octanol–water partition coefficient (Wildman–Crippen LogP) is 0.620. The number of hydrogen-bond acceptors (Lipinski definition) is 3. The Morgan fingerprint density at radius 3 is 2.93 bits per heavy atom. The zero-order valence-corrected chi connectivity index (χ0v) is 7.86. The van der Waals surface area contributed by atoms with Crippen LogP contribution in [0.5, 0.6) is 5.88 Å². The third kappa shape index (κ3) is 1.48. The van der Waals surface area contributed by atoms with Crippen molar-refractivity contribution >= 4 is 11.7 Å². The maximum absolute atomic E-state index is 11.3. The van der Waals surface area contributed by atoms with Gasteiger partial charge in [-0.3, -0.25) is 4.90 Å². The van der Waals surface area contributed by atoms with Crippen LogP contribution in [0.4, 0.5) is 10.5 Å². The Kier molecular flexibility index (Phi) is 2.22. The second-order valence-electron chi connectivity index (χ2n) is 2.94. The third-order valence-electron chi connectivity index (χ3n) is 2.10. The highest BCUT2D eigenvalue weighted by molar-refractivity contribution is 5.93. The van der Waals surface area contributed by atoms with Crippen LogP contribution < -0.4 is 15.0 Å². The Hall–Kier alpha value is -1.78. The summed E-state index contributed by atoms with van der Waals surface area (Å²) in [5, 5.41) is 2.72. The minimum atomic E-state index is -0.0723. The summed E-state index contributed by atoms with van der Waals surface area (Å²) in [4.78, 5) is 17.0. The summed E-state index contributed by atoms with van der Waals surface area (Å²) in [6.45, 7) is 1.37. The van der Waals surface area contributed by atoms with Crippen LogP contribution in [-0.4, -0.2) is 31.2 Å². The van der Waals surface area contributed by atoms with Crippen molar-refractivity contribution in [2.45, 2.75) is 0 Å². The van der Waals surface area contributed by atoms with Gasteiger partial charge in [0, 0.05) is 19.2 Å². The lowest BCUT2D eigenvalue weighted by Gasteiger charge is -2.13. The lowest BCUT2D eigenvalue weighted by molar-refractivity contribution is 0.252. The Labute approximate surface area is 81.7 Å². The molecule has 0 radical (unpaired) electrons. The molecule has 0 aliphatic carbocycles. The summed E-state index contributed by atoms with van der Waals surface area (Å²) in [6, 6.07) is 3.48. The van der Waals surface area contributed by atoms with E-state index in [1.807, 2.05) is 6.07 Å². The monoisotopic (exact) mass is 193 g/mol. The number of anilines is 1. The van der Waals surface area contributed by atoms with E-state index in [1.165, 1.54) is 0 Å². The molecular formula is C9H11N3O2. The standard InChI is InChI=1S/C9H11N3O2/c1-14-8-3-2-7(6-11-8)12-5-4-10-9(12)13/h2-3,6H,4-5H2,1H3,(H,10,13). The fourth-order valence-electron chi connectivity index (χ4n) is 1.37. The smallest absolute Gasteiger partial charge is 0.322 e. The highest BCUT2D eigenvalue weighted by atomic mass is 16.5. The van der Waals surface area contributed by atoms with Gasteiger partial charge >= 0.3 is 6.03 Å². The molecule has 1 fully saturated rings. The molecule has 5 heteroatoms. The number of hydrogen-bond donors (Lipinski definition) is 1. The molecule has 0 saturated carbocycles. The second-order valence-corrected chi connectivity index (χ2v) is 2.94. The first kappa shape index (κ1) is 8.80. The van der Waals surface area contributed by atoms with E-state index in [4.69, 9.17) is 4.74 Å². The van der Waals surface area contributed by atoms with Crippen molar-refractivity contribution < 1.29 is 9.53 Å². The molecule has 1 aliphatic heterocycles. The second kappa shape index (κ2) is 3.53. The van der Waals surface area contributed by atoms with E-state index < -0.39 is 0 Å². The van der Waals surface area contributed by atoms with Gasteiger partial charge < -0.3 is 10.1 Å².